The third kappa shape index (κ3) is 3.04. The summed E-state index contributed by atoms with van der Waals surface area (Å²) >= 11 is 1.35. The zero-order chi connectivity index (χ0) is 16.4. The normalized spacial score (nSPS) is 10.7. The molecule has 1 heterocycles. The Kier molecular flexibility index (Phi) is 4.03. The number of aromatic nitrogens is 1. The first kappa shape index (κ1) is 15.1. The zero-order valence-electron chi connectivity index (χ0n) is 12.3. The summed E-state index contributed by atoms with van der Waals surface area (Å²) in [4.78, 5) is 27.1. The second-order valence-electron chi connectivity index (χ2n) is 4.90. The van der Waals surface area contributed by atoms with Gasteiger partial charge in [-0.05, 0) is 30.2 Å². The minimum Gasteiger partial charge on any atom is -0.298 e. The van der Waals surface area contributed by atoms with Crippen molar-refractivity contribution in [2.24, 2.45) is 0 Å². The van der Waals surface area contributed by atoms with Crippen LogP contribution in [0.2, 0.25) is 0 Å². The van der Waals surface area contributed by atoms with E-state index in [-0.39, 0.29) is 11.3 Å². The predicted molar refractivity (Wildman–Crippen MR) is 90.0 cm³/mol. The second-order valence-corrected chi connectivity index (χ2v) is 5.93. The lowest BCUT2D eigenvalue weighted by molar-refractivity contribution is -0.385. The van der Waals surface area contributed by atoms with E-state index in [1.807, 2.05) is 18.2 Å². The average Bonchev–Trinajstić information content (AvgIpc) is 2.95. The number of aryl methyl sites for hydroxylation is 1. The van der Waals surface area contributed by atoms with E-state index in [1.165, 1.54) is 35.1 Å². The molecule has 1 N–H and O–H groups in total. The number of hydrogen-bond donors (Lipinski definition) is 1. The maximum absolute atomic E-state index is 12.3. The highest BCUT2D eigenvalue weighted by molar-refractivity contribution is 7.22. The third-order valence-electron chi connectivity index (χ3n) is 3.43. The summed E-state index contributed by atoms with van der Waals surface area (Å²) in [6.45, 7) is 2.07. The van der Waals surface area contributed by atoms with Gasteiger partial charge in [0.15, 0.2) is 5.13 Å². The second kappa shape index (κ2) is 6.13. The molecule has 0 spiro atoms. The van der Waals surface area contributed by atoms with Crippen molar-refractivity contribution < 1.29 is 9.72 Å². The van der Waals surface area contributed by atoms with E-state index < -0.39 is 10.8 Å². The lowest BCUT2D eigenvalue weighted by Gasteiger charge is -2.02. The zero-order valence-corrected chi connectivity index (χ0v) is 13.1. The van der Waals surface area contributed by atoms with Crippen LogP contribution in [0.15, 0.2) is 42.5 Å². The van der Waals surface area contributed by atoms with Crippen LogP contribution in [0.3, 0.4) is 0 Å². The first-order chi connectivity index (χ1) is 11.1. The molecule has 2 aromatic carbocycles. The molecule has 23 heavy (non-hydrogen) atoms. The molecular formula is C16H13N3O3S. The van der Waals surface area contributed by atoms with Gasteiger partial charge in [-0.2, -0.15) is 0 Å². The molecule has 7 heteroatoms. The monoisotopic (exact) mass is 327 g/mol. The fraction of sp³-hybridized carbons (Fsp3) is 0.125. The summed E-state index contributed by atoms with van der Waals surface area (Å²) in [7, 11) is 0. The Morgan fingerprint density at radius 2 is 2.09 bits per heavy atom. The number of nitrogens with one attached hydrogen (secondary N) is 1. The number of carbonyl (C=O) groups excluding carboxylic acids is 1. The van der Waals surface area contributed by atoms with E-state index in [2.05, 4.69) is 17.2 Å². The number of hydrogen-bond acceptors (Lipinski definition) is 5. The molecule has 0 bridgehead atoms. The molecule has 0 saturated carbocycles. The summed E-state index contributed by atoms with van der Waals surface area (Å²) in [6.07, 6.45) is 0.922. The topological polar surface area (TPSA) is 85.1 Å². The van der Waals surface area contributed by atoms with Crippen LogP contribution in [0.5, 0.6) is 0 Å². The molecule has 3 aromatic rings. The van der Waals surface area contributed by atoms with Gasteiger partial charge in [-0.15, -0.1) is 0 Å². The SMILES string of the molecule is CCc1ccc2nc(NC(=O)c3ccccc3[N+](=O)[O-])sc2c1. The van der Waals surface area contributed by atoms with Crippen molar-refractivity contribution in [3.63, 3.8) is 0 Å². The van der Waals surface area contributed by atoms with Crippen LogP contribution in [0.25, 0.3) is 10.2 Å². The van der Waals surface area contributed by atoms with Crippen LogP contribution in [0, 0.1) is 10.1 Å². The van der Waals surface area contributed by atoms with Gasteiger partial charge < -0.3 is 0 Å². The molecule has 0 radical (unpaired) electrons. The maximum atomic E-state index is 12.3. The number of carbonyl (C=O) groups is 1. The van der Waals surface area contributed by atoms with E-state index >= 15 is 0 Å². The maximum Gasteiger partial charge on any atom is 0.282 e. The number of nitro benzene ring substituents is 1. The fourth-order valence-electron chi connectivity index (χ4n) is 2.23. The quantitative estimate of drug-likeness (QED) is 0.579. The van der Waals surface area contributed by atoms with Gasteiger partial charge in [0.05, 0.1) is 15.1 Å². The molecule has 116 valence electrons. The van der Waals surface area contributed by atoms with Crippen molar-refractivity contribution in [2.75, 3.05) is 5.32 Å². The minimum absolute atomic E-state index is 0.0194. The van der Waals surface area contributed by atoms with Crippen LogP contribution in [0.4, 0.5) is 10.8 Å². The summed E-state index contributed by atoms with van der Waals surface area (Å²) in [6, 6.07) is 11.8. The lowest BCUT2D eigenvalue weighted by atomic mass is 10.1. The highest BCUT2D eigenvalue weighted by Crippen LogP contribution is 2.28. The van der Waals surface area contributed by atoms with Gasteiger partial charge >= 0.3 is 0 Å². The van der Waals surface area contributed by atoms with Gasteiger partial charge in [-0.3, -0.25) is 20.2 Å². The van der Waals surface area contributed by atoms with Crippen molar-refractivity contribution in [2.45, 2.75) is 13.3 Å². The van der Waals surface area contributed by atoms with E-state index in [9.17, 15) is 14.9 Å². The molecule has 3 rings (SSSR count). The molecule has 1 amide bonds. The number of rotatable bonds is 4. The fourth-order valence-corrected chi connectivity index (χ4v) is 3.16. The Balaban J connectivity index is 1.90. The van der Waals surface area contributed by atoms with Gasteiger partial charge in [0, 0.05) is 6.07 Å². The number of anilines is 1. The Hall–Kier alpha value is -2.80. The van der Waals surface area contributed by atoms with E-state index in [1.54, 1.807) is 6.07 Å². The number of thiazole rings is 1. The Morgan fingerprint density at radius 1 is 1.30 bits per heavy atom. The number of benzene rings is 2. The molecule has 0 saturated heterocycles. The van der Waals surface area contributed by atoms with Crippen molar-refractivity contribution >= 4 is 38.3 Å². The molecular weight excluding hydrogens is 314 g/mol. The number of nitrogens with zero attached hydrogens (tertiary/aromatic N) is 2. The van der Waals surface area contributed by atoms with Crippen molar-refractivity contribution in [3.8, 4) is 0 Å². The van der Waals surface area contributed by atoms with Crippen LogP contribution in [-0.2, 0) is 6.42 Å². The molecule has 0 aliphatic heterocycles. The molecule has 0 unspecified atom stereocenters. The predicted octanol–water partition coefficient (Wildman–Crippen LogP) is 4.02. The van der Waals surface area contributed by atoms with Crippen molar-refractivity contribution in [3.05, 3.63) is 63.7 Å². The van der Waals surface area contributed by atoms with E-state index in [0.717, 1.165) is 16.6 Å². The largest absolute Gasteiger partial charge is 0.298 e. The smallest absolute Gasteiger partial charge is 0.282 e. The highest BCUT2D eigenvalue weighted by atomic mass is 32.1. The van der Waals surface area contributed by atoms with Gasteiger partial charge in [0.2, 0.25) is 0 Å². The van der Waals surface area contributed by atoms with Gasteiger partial charge in [0.1, 0.15) is 5.56 Å². The molecule has 0 aliphatic carbocycles. The Bertz CT molecular complexity index is 904. The van der Waals surface area contributed by atoms with Crippen LogP contribution < -0.4 is 5.32 Å². The average molecular weight is 327 g/mol. The molecule has 1 aromatic heterocycles. The summed E-state index contributed by atoms with van der Waals surface area (Å²) in [5.74, 6) is -0.535. The van der Waals surface area contributed by atoms with E-state index in [0.29, 0.717) is 5.13 Å². The number of fused-ring (bicyclic) bond motifs is 1. The third-order valence-corrected chi connectivity index (χ3v) is 4.36. The van der Waals surface area contributed by atoms with Crippen molar-refractivity contribution in [1.29, 1.82) is 0 Å². The minimum atomic E-state index is -0.569. The number of amides is 1. The molecule has 0 atom stereocenters. The summed E-state index contributed by atoms with van der Waals surface area (Å²) < 4.78 is 0.974. The molecule has 0 fully saturated rings. The Morgan fingerprint density at radius 3 is 2.83 bits per heavy atom. The van der Waals surface area contributed by atoms with Gasteiger partial charge in [-0.25, -0.2) is 4.98 Å². The molecule has 0 aliphatic rings. The van der Waals surface area contributed by atoms with Crippen LogP contribution >= 0.6 is 11.3 Å². The van der Waals surface area contributed by atoms with E-state index in [4.69, 9.17) is 0 Å². The highest BCUT2D eigenvalue weighted by Gasteiger charge is 2.20. The Labute approximate surface area is 135 Å². The van der Waals surface area contributed by atoms with Crippen molar-refractivity contribution in [1.82, 2.24) is 4.98 Å². The van der Waals surface area contributed by atoms with Crippen LogP contribution in [-0.4, -0.2) is 15.8 Å². The standard InChI is InChI=1S/C16H13N3O3S/c1-2-10-7-8-12-14(9-10)23-16(17-12)18-15(20)11-5-3-4-6-13(11)19(21)22/h3-9H,2H2,1H3,(H,17,18,20). The number of para-hydroxylation sites is 1. The molecule has 6 nitrogen and oxygen atoms in total. The number of nitro groups is 1. The first-order valence-electron chi connectivity index (χ1n) is 7.02. The first-order valence-corrected chi connectivity index (χ1v) is 7.84. The van der Waals surface area contributed by atoms with Crippen LogP contribution in [0.1, 0.15) is 22.8 Å². The summed E-state index contributed by atoms with van der Waals surface area (Å²) in [5, 5.41) is 14.1. The summed E-state index contributed by atoms with van der Waals surface area (Å²) in [5.41, 5.74) is 1.79. The lowest BCUT2D eigenvalue weighted by Crippen LogP contribution is -2.13. The van der Waals surface area contributed by atoms with Gasteiger partial charge in [-0.1, -0.05) is 36.5 Å². The van der Waals surface area contributed by atoms with Gasteiger partial charge in [0.25, 0.3) is 11.6 Å².